The number of nitrogens with one attached hydrogen (secondary N) is 1. The molecule has 0 aliphatic rings. The molecule has 1 aromatic rings. The molecular weight excluding hydrogens is 332 g/mol. The minimum Gasteiger partial charge on any atom is -0.481 e. The molecule has 2 N–H and O–H groups in total. The summed E-state index contributed by atoms with van der Waals surface area (Å²) in [6.07, 6.45) is 0.254. The molecule has 8 heteroatoms. The molecule has 24 heavy (non-hydrogen) atoms. The van der Waals surface area contributed by atoms with E-state index in [0.29, 0.717) is 6.42 Å². The lowest BCUT2D eigenvalue weighted by molar-refractivity contribution is -0.137. The van der Waals surface area contributed by atoms with Crippen molar-refractivity contribution < 1.29 is 23.1 Å². The summed E-state index contributed by atoms with van der Waals surface area (Å²) < 4.78 is 26.2. The normalized spacial score (nSPS) is 13.1. The van der Waals surface area contributed by atoms with Crippen LogP contribution in [0.3, 0.4) is 0 Å². The number of aliphatic carboxylic acids is 1. The Bertz CT molecular complexity index is 700. The van der Waals surface area contributed by atoms with Crippen LogP contribution < -0.4 is 5.32 Å². The van der Waals surface area contributed by atoms with Gasteiger partial charge in [-0.05, 0) is 45.4 Å². The predicted molar refractivity (Wildman–Crippen MR) is 90.3 cm³/mol. The molecule has 0 aliphatic carbocycles. The first-order chi connectivity index (χ1) is 11.1. The van der Waals surface area contributed by atoms with E-state index >= 15 is 0 Å². The van der Waals surface area contributed by atoms with E-state index in [1.54, 1.807) is 20.8 Å². The second-order valence-corrected chi connectivity index (χ2v) is 7.95. The molecule has 1 unspecified atom stereocenters. The molecule has 134 valence electrons. The van der Waals surface area contributed by atoms with E-state index in [0.717, 1.165) is 0 Å². The topological polar surface area (TPSA) is 104 Å². The monoisotopic (exact) mass is 356 g/mol. The van der Waals surface area contributed by atoms with Crippen LogP contribution >= 0.6 is 0 Å². The molecule has 0 heterocycles. The Balaban J connectivity index is 2.92. The van der Waals surface area contributed by atoms with Gasteiger partial charge in [-0.15, -0.1) is 0 Å². The van der Waals surface area contributed by atoms with Crippen LogP contribution in [0, 0.1) is 0 Å². The lowest BCUT2D eigenvalue weighted by Crippen LogP contribution is -2.34. The highest BCUT2D eigenvalue weighted by Gasteiger charge is 2.24. The number of sulfonamides is 1. The number of carbonyl (C=O) groups is 2. The van der Waals surface area contributed by atoms with Gasteiger partial charge in [0.1, 0.15) is 0 Å². The number of hydrogen-bond donors (Lipinski definition) is 2. The summed E-state index contributed by atoms with van der Waals surface area (Å²) in [5.74, 6) is -1.36. The van der Waals surface area contributed by atoms with Crippen LogP contribution in [0.25, 0.3) is 0 Å². The lowest BCUT2D eigenvalue weighted by Gasteiger charge is -2.21. The molecule has 1 amide bonds. The van der Waals surface area contributed by atoms with Crippen molar-refractivity contribution in [2.24, 2.45) is 0 Å². The number of amides is 1. The fourth-order valence-corrected chi connectivity index (χ4v) is 3.37. The highest BCUT2D eigenvalue weighted by Crippen LogP contribution is 2.18. The molecule has 0 radical (unpaired) electrons. The third-order valence-corrected chi connectivity index (χ3v) is 5.70. The second-order valence-electron chi connectivity index (χ2n) is 5.95. The number of carboxylic acids is 1. The first kappa shape index (κ1) is 20.1. The Morgan fingerprint density at radius 1 is 1.25 bits per heavy atom. The van der Waals surface area contributed by atoms with Crippen LogP contribution in [-0.4, -0.2) is 48.8 Å². The summed E-state index contributed by atoms with van der Waals surface area (Å²) in [5.41, 5.74) is 0.218. The minimum atomic E-state index is -3.67. The second kappa shape index (κ2) is 8.25. The minimum absolute atomic E-state index is 0.0459. The van der Waals surface area contributed by atoms with Gasteiger partial charge in [-0.3, -0.25) is 9.59 Å². The number of benzene rings is 1. The Labute approximate surface area is 142 Å². The van der Waals surface area contributed by atoms with Gasteiger partial charge in [-0.25, -0.2) is 8.42 Å². The average molecular weight is 356 g/mol. The largest absolute Gasteiger partial charge is 0.481 e. The zero-order chi connectivity index (χ0) is 18.5. The maximum absolute atomic E-state index is 12.5. The van der Waals surface area contributed by atoms with Gasteiger partial charge in [0.05, 0.1) is 4.90 Å². The molecule has 0 saturated heterocycles. The summed E-state index contributed by atoms with van der Waals surface area (Å²) in [5, 5.41) is 11.3. The van der Waals surface area contributed by atoms with Gasteiger partial charge in [-0.2, -0.15) is 4.31 Å². The molecule has 7 nitrogen and oxygen atoms in total. The van der Waals surface area contributed by atoms with Gasteiger partial charge in [0, 0.05) is 31.1 Å². The zero-order valence-electron chi connectivity index (χ0n) is 14.3. The third-order valence-electron chi connectivity index (χ3n) is 3.67. The molecule has 1 atom stereocenters. The highest BCUT2D eigenvalue weighted by atomic mass is 32.2. The van der Waals surface area contributed by atoms with Gasteiger partial charge in [0.25, 0.3) is 5.91 Å². The molecule has 0 saturated carbocycles. The summed E-state index contributed by atoms with van der Waals surface area (Å²) in [4.78, 5) is 22.8. The number of nitrogens with zero attached hydrogens (tertiary/aromatic N) is 1. The maximum Gasteiger partial charge on any atom is 0.303 e. The molecule has 0 spiro atoms. The van der Waals surface area contributed by atoms with Crippen LogP contribution in [-0.2, 0) is 14.8 Å². The van der Waals surface area contributed by atoms with E-state index in [9.17, 15) is 18.0 Å². The Morgan fingerprint density at radius 3 is 2.42 bits per heavy atom. The van der Waals surface area contributed by atoms with Crippen LogP contribution in [0.2, 0.25) is 0 Å². The van der Waals surface area contributed by atoms with E-state index in [2.05, 4.69) is 5.32 Å². The van der Waals surface area contributed by atoms with Crippen molar-refractivity contribution in [2.75, 3.05) is 7.05 Å². The standard InChI is InChI=1S/C16H24N2O5S/c1-11(2)18(4)24(22,23)14-7-5-6-13(10-14)16(21)17-12(3)8-9-15(19)20/h5-7,10-12H,8-9H2,1-4H3,(H,17,21)(H,19,20). The maximum atomic E-state index is 12.5. The summed E-state index contributed by atoms with van der Waals surface area (Å²) in [6, 6.07) is 5.27. The van der Waals surface area contributed by atoms with E-state index < -0.39 is 21.9 Å². The lowest BCUT2D eigenvalue weighted by atomic mass is 10.1. The van der Waals surface area contributed by atoms with Crippen molar-refractivity contribution in [1.29, 1.82) is 0 Å². The number of carbonyl (C=O) groups excluding carboxylic acids is 1. The summed E-state index contributed by atoms with van der Waals surface area (Å²) >= 11 is 0. The molecular formula is C16H24N2O5S. The molecule has 0 bridgehead atoms. The number of carboxylic acid groups (broad SMARTS) is 1. The Morgan fingerprint density at radius 2 is 1.88 bits per heavy atom. The average Bonchev–Trinajstić information content (AvgIpc) is 2.52. The van der Waals surface area contributed by atoms with Gasteiger partial charge in [0.2, 0.25) is 10.0 Å². The van der Waals surface area contributed by atoms with E-state index in [4.69, 9.17) is 5.11 Å². The van der Waals surface area contributed by atoms with Crippen LogP contribution in [0.4, 0.5) is 0 Å². The zero-order valence-corrected chi connectivity index (χ0v) is 15.1. The van der Waals surface area contributed by atoms with Gasteiger partial charge >= 0.3 is 5.97 Å². The number of hydrogen-bond acceptors (Lipinski definition) is 4. The van der Waals surface area contributed by atoms with Crippen molar-refractivity contribution in [3.63, 3.8) is 0 Å². The first-order valence-corrected chi connectivity index (χ1v) is 9.10. The van der Waals surface area contributed by atoms with Crippen molar-refractivity contribution in [1.82, 2.24) is 9.62 Å². The predicted octanol–water partition coefficient (Wildman–Crippen LogP) is 1.70. The molecule has 1 rings (SSSR count). The SMILES string of the molecule is CC(CCC(=O)O)NC(=O)c1cccc(S(=O)(=O)N(C)C(C)C)c1. The van der Waals surface area contributed by atoms with Crippen molar-refractivity contribution >= 4 is 21.9 Å². The van der Waals surface area contributed by atoms with Gasteiger partial charge in [-0.1, -0.05) is 6.07 Å². The first-order valence-electron chi connectivity index (χ1n) is 7.66. The van der Waals surface area contributed by atoms with E-state index in [1.807, 2.05) is 0 Å². The molecule has 0 aliphatic heterocycles. The smallest absolute Gasteiger partial charge is 0.303 e. The van der Waals surface area contributed by atoms with Crippen LogP contribution in [0.1, 0.15) is 44.0 Å². The summed E-state index contributed by atoms with van der Waals surface area (Å²) in [6.45, 7) is 5.23. The molecule has 0 aromatic heterocycles. The van der Waals surface area contributed by atoms with E-state index in [-0.39, 0.29) is 29.0 Å². The molecule has 0 fully saturated rings. The Kier molecular flexibility index (Phi) is 6.92. The van der Waals surface area contributed by atoms with Crippen LogP contribution in [0.15, 0.2) is 29.2 Å². The van der Waals surface area contributed by atoms with Gasteiger partial charge in [0.15, 0.2) is 0 Å². The Hall–Kier alpha value is -1.93. The van der Waals surface area contributed by atoms with Crippen molar-refractivity contribution in [2.45, 2.75) is 50.6 Å². The highest BCUT2D eigenvalue weighted by molar-refractivity contribution is 7.89. The third kappa shape index (κ3) is 5.31. The van der Waals surface area contributed by atoms with Crippen LogP contribution in [0.5, 0.6) is 0 Å². The molecule has 1 aromatic carbocycles. The fraction of sp³-hybridized carbons (Fsp3) is 0.500. The van der Waals surface area contributed by atoms with Crippen molar-refractivity contribution in [3.8, 4) is 0 Å². The number of rotatable bonds is 8. The summed E-state index contributed by atoms with van der Waals surface area (Å²) in [7, 11) is -2.18. The van der Waals surface area contributed by atoms with E-state index in [1.165, 1.54) is 35.6 Å². The van der Waals surface area contributed by atoms with Gasteiger partial charge < -0.3 is 10.4 Å². The quantitative estimate of drug-likeness (QED) is 0.738. The fourth-order valence-electron chi connectivity index (χ4n) is 1.96. The van der Waals surface area contributed by atoms with Crippen molar-refractivity contribution in [3.05, 3.63) is 29.8 Å².